The van der Waals surface area contributed by atoms with E-state index in [1.54, 1.807) is 30.3 Å². The number of benzene rings is 2. The van der Waals surface area contributed by atoms with Gasteiger partial charge in [-0.05, 0) is 58.7 Å². The number of carbonyl (C=O) groups is 1. The molecule has 0 spiro atoms. The zero-order valence-corrected chi connectivity index (χ0v) is 13.0. The van der Waals surface area contributed by atoms with Gasteiger partial charge in [0.1, 0.15) is 0 Å². The van der Waals surface area contributed by atoms with Crippen molar-refractivity contribution in [1.82, 2.24) is 5.32 Å². The maximum atomic E-state index is 12.3. The van der Waals surface area contributed by atoms with Gasteiger partial charge in [-0.25, -0.2) is 0 Å². The summed E-state index contributed by atoms with van der Waals surface area (Å²) in [6.45, 7) is 1.89. The SMILES string of the molecule is CC(NC(=O)c1cc(N)ccc1Br)c1ccc(C#N)cc1. The number of halogens is 1. The van der Waals surface area contributed by atoms with Crippen LogP contribution >= 0.6 is 15.9 Å². The number of amides is 1. The van der Waals surface area contributed by atoms with Gasteiger partial charge in [0.05, 0.1) is 23.2 Å². The highest BCUT2D eigenvalue weighted by atomic mass is 79.9. The normalized spacial score (nSPS) is 11.5. The minimum atomic E-state index is -0.203. The Morgan fingerprint density at radius 1 is 1.29 bits per heavy atom. The van der Waals surface area contributed by atoms with E-state index in [-0.39, 0.29) is 11.9 Å². The zero-order valence-electron chi connectivity index (χ0n) is 11.4. The predicted molar refractivity (Wildman–Crippen MR) is 85.6 cm³/mol. The molecular weight excluding hydrogens is 330 g/mol. The number of hydrogen-bond donors (Lipinski definition) is 2. The summed E-state index contributed by atoms with van der Waals surface area (Å²) in [7, 11) is 0. The average molecular weight is 344 g/mol. The molecule has 0 bridgehead atoms. The molecule has 0 aliphatic rings. The second-order valence-corrected chi connectivity index (χ2v) is 5.52. The highest BCUT2D eigenvalue weighted by Gasteiger charge is 2.14. The van der Waals surface area contributed by atoms with Crippen molar-refractivity contribution in [2.75, 3.05) is 5.73 Å². The molecule has 4 nitrogen and oxygen atoms in total. The van der Waals surface area contributed by atoms with E-state index in [1.165, 1.54) is 0 Å². The van der Waals surface area contributed by atoms with E-state index in [1.807, 2.05) is 19.1 Å². The van der Waals surface area contributed by atoms with Gasteiger partial charge in [-0.2, -0.15) is 5.26 Å². The summed E-state index contributed by atoms with van der Waals surface area (Å²) >= 11 is 3.34. The molecule has 1 atom stereocenters. The van der Waals surface area contributed by atoms with E-state index in [0.717, 1.165) is 5.56 Å². The quantitative estimate of drug-likeness (QED) is 0.838. The lowest BCUT2D eigenvalue weighted by molar-refractivity contribution is 0.0939. The predicted octanol–water partition coefficient (Wildman–Crippen LogP) is 3.39. The lowest BCUT2D eigenvalue weighted by atomic mass is 10.1. The third kappa shape index (κ3) is 3.61. The number of hydrogen-bond acceptors (Lipinski definition) is 3. The first-order valence-electron chi connectivity index (χ1n) is 6.37. The van der Waals surface area contributed by atoms with Gasteiger partial charge in [0, 0.05) is 10.2 Å². The Morgan fingerprint density at radius 2 is 1.95 bits per heavy atom. The first-order chi connectivity index (χ1) is 10.0. The Morgan fingerprint density at radius 3 is 2.57 bits per heavy atom. The summed E-state index contributed by atoms with van der Waals surface area (Å²) in [5.74, 6) is -0.203. The van der Waals surface area contributed by atoms with Crippen LogP contribution in [-0.4, -0.2) is 5.91 Å². The van der Waals surface area contributed by atoms with Crippen molar-refractivity contribution in [1.29, 1.82) is 5.26 Å². The Kier molecular flexibility index (Phi) is 4.61. The first-order valence-corrected chi connectivity index (χ1v) is 7.16. The lowest BCUT2D eigenvalue weighted by Gasteiger charge is -2.15. The molecule has 5 heteroatoms. The van der Waals surface area contributed by atoms with Crippen molar-refractivity contribution in [2.45, 2.75) is 13.0 Å². The van der Waals surface area contributed by atoms with Crippen molar-refractivity contribution < 1.29 is 4.79 Å². The number of nitriles is 1. The molecule has 1 amide bonds. The van der Waals surface area contributed by atoms with Gasteiger partial charge in [-0.3, -0.25) is 4.79 Å². The van der Waals surface area contributed by atoms with Crippen LogP contribution in [0.15, 0.2) is 46.9 Å². The molecule has 0 radical (unpaired) electrons. The van der Waals surface area contributed by atoms with Crippen LogP contribution in [0.2, 0.25) is 0 Å². The molecule has 3 N–H and O–H groups in total. The van der Waals surface area contributed by atoms with Gasteiger partial charge in [0.2, 0.25) is 0 Å². The van der Waals surface area contributed by atoms with E-state index in [9.17, 15) is 4.79 Å². The van der Waals surface area contributed by atoms with Crippen LogP contribution in [0, 0.1) is 11.3 Å². The van der Waals surface area contributed by atoms with Crippen LogP contribution in [-0.2, 0) is 0 Å². The molecule has 0 heterocycles. The van der Waals surface area contributed by atoms with Crippen LogP contribution in [0.3, 0.4) is 0 Å². The number of nitrogens with one attached hydrogen (secondary N) is 1. The molecule has 0 saturated carbocycles. The van der Waals surface area contributed by atoms with Crippen LogP contribution < -0.4 is 11.1 Å². The van der Waals surface area contributed by atoms with E-state index >= 15 is 0 Å². The van der Waals surface area contributed by atoms with E-state index < -0.39 is 0 Å². The summed E-state index contributed by atoms with van der Waals surface area (Å²) < 4.78 is 0.696. The number of anilines is 1. The highest BCUT2D eigenvalue weighted by Crippen LogP contribution is 2.21. The van der Waals surface area contributed by atoms with Crippen molar-refractivity contribution >= 4 is 27.5 Å². The third-order valence-corrected chi connectivity index (χ3v) is 3.81. The number of nitrogen functional groups attached to an aromatic ring is 1. The monoisotopic (exact) mass is 343 g/mol. The number of carbonyl (C=O) groups excluding carboxylic acids is 1. The van der Waals surface area contributed by atoms with Gasteiger partial charge in [0.15, 0.2) is 0 Å². The molecule has 0 aliphatic carbocycles. The first kappa shape index (κ1) is 15.1. The third-order valence-electron chi connectivity index (χ3n) is 3.12. The summed E-state index contributed by atoms with van der Waals surface area (Å²) in [6.07, 6.45) is 0. The topological polar surface area (TPSA) is 78.9 Å². The lowest BCUT2D eigenvalue weighted by Crippen LogP contribution is -2.27. The maximum Gasteiger partial charge on any atom is 0.252 e. The molecule has 0 fully saturated rings. The smallest absolute Gasteiger partial charge is 0.252 e. The van der Waals surface area contributed by atoms with Crippen LogP contribution in [0.5, 0.6) is 0 Å². The molecule has 0 aromatic heterocycles. The second kappa shape index (κ2) is 6.42. The maximum absolute atomic E-state index is 12.3. The van der Waals surface area contributed by atoms with Gasteiger partial charge in [-0.15, -0.1) is 0 Å². The Labute approximate surface area is 131 Å². The van der Waals surface area contributed by atoms with Gasteiger partial charge >= 0.3 is 0 Å². The standard InChI is InChI=1S/C16H14BrN3O/c1-10(12-4-2-11(9-18)3-5-12)20-16(21)14-8-13(19)6-7-15(14)17/h2-8,10H,19H2,1H3,(H,20,21). The minimum Gasteiger partial charge on any atom is -0.399 e. The molecule has 21 heavy (non-hydrogen) atoms. The van der Waals surface area contributed by atoms with Crippen molar-refractivity contribution in [2.24, 2.45) is 0 Å². The minimum absolute atomic E-state index is 0.168. The Hall–Kier alpha value is -2.32. The summed E-state index contributed by atoms with van der Waals surface area (Å²) in [4.78, 5) is 12.3. The Bertz CT molecular complexity index is 704. The average Bonchev–Trinajstić information content (AvgIpc) is 2.49. The zero-order chi connectivity index (χ0) is 15.4. The number of rotatable bonds is 3. The summed E-state index contributed by atoms with van der Waals surface area (Å²) in [5, 5.41) is 11.7. The number of nitrogens with zero attached hydrogens (tertiary/aromatic N) is 1. The molecule has 0 aliphatic heterocycles. The fourth-order valence-electron chi connectivity index (χ4n) is 1.92. The molecular formula is C16H14BrN3O. The molecule has 2 rings (SSSR count). The van der Waals surface area contributed by atoms with Crippen molar-refractivity contribution in [3.8, 4) is 6.07 Å². The number of nitrogens with two attached hydrogens (primary N) is 1. The molecule has 2 aromatic carbocycles. The van der Waals surface area contributed by atoms with Gasteiger partial charge < -0.3 is 11.1 Å². The van der Waals surface area contributed by atoms with E-state index in [0.29, 0.717) is 21.3 Å². The summed E-state index contributed by atoms with van der Waals surface area (Å²) in [6, 6.07) is 14.1. The molecule has 2 aromatic rings. The summed E-state index contributed by atoms with van der Waals surface area (Å²) in [5.41, 5.74) is 8.27. The highest BCUT2D eigenvalue weighted by molar-refractivity contribution is 9.10. The fraction of sp³-hybridized carbons (Fsp3) is 0.125. The van der Waals surface area contributed by atoms with Crippen molar-refractivity contribution in [3.05, 3.63) is 63.6 Å². The second-order valence-electron chi connectivity index (χ2n) is 4.67. The van der Waals surface area contributed by atoms with E-state index in [2.05, 4.69) is 27.3 Å². The molecule has 0 saturated heterocycles. The van der Waals surface area contributed by atoms with Crippen LogP contribution in [0.25, 0.3) is 0 Å². The van der Waals surface area contributed by atoms with E-state index in [4.69, 9.17) is 11.0 Å². The van der Waals surface area contributed by atoms with Crippen molar-refractivity contribution in [3.63, 3.8) is 0 Å². The molecule has 106 valence electrons. The van der Waals surface area contributed by atoms with Crippen LogP contribution in [0.1, 0.15) is 34.5 Å². The molecule has 1 unspecified atom stereocenters. The van der Waals surface area contributed by atoms with Gasteiger partial charge in [0.25, 0.3) is 5.91 Å². The largest absolute Gasteiger partial charge is 0.399 e. The van der Waals surface area contributed by atoms with Crippen LogP contribution in [0.4, 0.5) is 5.69 Å². The van der Waals surface area contributed by atoms with Gasteiger partial charge in [-0.1, -0.05) is 12.1 Å². The Balaban J connectivity index is 2.14. The fourth-order valence-corrected chi connectivity index (χ4v) is 2.35.